The zero-order chi connectivity index (χ0) is 13.8. The third kappa shape index (κ3) is 9.74. The molecule has 0 aromatic carbocycles. The lowest BCUT2D eigenvalue weighted by atomic mass is 10.1. The number of amides is 1. The lowest BCUT2D eigenvalue weighted by molar-refractivity contribution is -0.130. The van der Waals surface area contributed by atoms with Crippen molar-refractivity contribution in [3.63, 3.8) is 0 Å². The summed E-state index contributed by atoms with van der Waals surface area (Å²) in [6.45, 7) is 2.72. The van der Waals surface area contributed by atoms with Gasteiger partial charge in [0.2, 0.25) is 5.91 Å². The van der Waals surface area contributed by atoms with Crippen LogP contribution in [-0.4, -0.2) is 46.0 Å². The van der Waals surface area contributed by atoms with E-state index in [0.717, 1.165) is 24.6 Å². The van der Waals surface area contributed by atoms with Gasteiger partial charge in [-0.25, -0.2) is 0 Å². The number of carbonyl (C=O) groups is 1. The van der Waals surface area contributed by atoms with Gasteiger partial charge >= 0.3 is 0 Å². The van der Waals surface area contributed by atoms with Crippen molar-refractivity contribution >= 4 is 17.7 Å². The predicted molar refractivity (Wildman–Crippen MR) is 76.3 cm³/mol. The van der Waals surface area contributed by atoms with Crippen LogP contribution in [0.15, 0.2) is 0 Å². The average Bonchev–Trinajstić information content (AvgIpc) is 2.35. The fraction of sp³-hybridized carbons (Fsp3) is 0.923. The van der Waals surface area contributed by atoms with Crippen molar-refractivity contribution in [1.82, 2.24) is 4.90 Å². The van der Waals surface area contributed by atoms with E-state index in [9.17, 15) is 9.90 Å². The third-order valence-corrected chi connectivity index (χ3v) is 3.67. The van der Waals surface area contributed by atoms with Gasteiger partial charge in [0.05, 0.1) is 5.94 Å². The lowest BCUT2D eigenvalue weighted by Crippen LogP contribution is -2.29. The topological polar surface area (TPSA) is 60.8 Å². The Hall–Kier alpha value is -0.260. The highest BCUT2D eigenvalue weighted by Crippen LogP contribution is 2.11. The van der Waals surface area contributed by atoms with Crippen LogP contribution < -0.4 is 0 Å². The molecule has 0 radical (unpaired) electrons. The minimum absolute atomic E-state index is 0.0870. The van der Waals surface area contributed by atoms with Crippen molar-refractivity contribution in [2.45, 2.75) is 57.3 Å². The van der Waals surface area contributed by atoms with Gasteiger partial charge < -0.3 is 15.1 Å². The number of hydrogen-bond donors (Lipinski definition) is 2. The number of nitrogens with zero attached hydrogens (tertiary/aromatic N) is 1. The summed E-state index contributed by atoms with van der Waals surface area (Å²) < 4.78 is 0. The van der Waals surface area contributed by atoms with Gasteiger partial charge in [-0.2, -0.15) is 0 Å². The second kappa shape index (κ2) is 11.8. The van der Waals surface area contributed by atoms with E-state index in [4.69, 9.17) is 5.11 Å². The van der Waals surface area contributed by atoms with Crippen LogP contribution in [0.4, 0.5) is 0 Å². The van der Waals surface area contributed by atoms with Gasteiger partial charge in [0, 0.05) is 26.4 Å². The Bertz CT molecular complexity index is 214. The van der Waals surface area contributed by atoms with E-state index < -0.39 is 5.44 Å². The molecule has 0 spiro atoms. The van der Waals surface area contributed by atoms with Gasteiger partial charge in [0.1, 0.15) is 5.44 Å². The normalized spacial score (nSPS) is 12.4. The zero-order valence-electron chi connectivity index (χ0n) is 11.6. The standard InChI is InChI=1S/C13H27NO3S/c1-3-4-5-6-7-8-12(16)14(2)10-9-13(17)18-11-15/h13,15,17H,3-11H2,1-2H3. The van der Waals surface area contributed by atoms with E-state index in [1.807, 2.05) is 0 Å². The Morgan fingerprint density at radius 1 is 1.28 bits per heavy atom. The van der Waals surface area contributed by atoms with Crippen LogP contribution in [0.2, 0.25) is 0 Å². The van der Waals surface area contributed by atoms with Gasteiger partial charge in [-0.3, -0.25) is 4.79 Å². The second-order valence-electron chi connectivity index (χ2n) is 4.52. The van der Waals surface area contributed by atoms with Crippen LogP contribution in [0, 0.1) is 0 Å². The van der Waals surface area contributed by atoms with Gasteiger partial charge in [-0.15, -0.1) is 11.8 Å². The van der Waals surface area contributed by atoms with E-state index in [0.29, 0.717) is 19.4 Å². The maximum Gasteiger partial charge on any atom is 0.222 e. The smallest absolute Gasteiger partial charge is 0.222 e. The predicted octanol–water partition coefficient (Wildman–Crippen LogP) is 2.20. The summed E-state index contributed by atoms with van der Waals surface area (Å²) in [4.78, 5) is 13.4. The molecule has 5 heteroatoms. The van der Waals surface area contributed by atoms with Gasteiger partial charge in [-0.1, -0.05) is 32.6 Å². The fourth-order valence-corrected chi connectivity index (χ4v) is 2.11. The molecule has 0 aliphatic rings. The molecule has 0 aliphatic carbocycles. The van der Waals surface area contributed by atoms with Crippen molar-refractivity contribution < 1.29 is 15.0 Å². The summed E-state index contributed by atoms with van der Waals surface area (Å²) in [5, 5.41) is 18.0. The molecule has 0 saturated carbocycles. The summed E-state index contributed by atoms with van der Waals surface area (Å²) in [7, 11) is 1.77. The molecule has 0 heterocycles. The molecule has 18 heavy (non-hydrogen) atoms. The molecule has 0 fully saturated rings. The number of hydrogen-bond acceptors (Lipinski definition) is 4. The van der Waals surface area contributed by atoms with Gasteiger partial charge in [0.15, 0.2) is 0 Å². The average molecular weight is 277 g/mol. The molecular formula is C13H27NO3S. The number of thioether (sulfide) groups is 1. The molecule has 1 unspecified atom stereocenters. The summed E-state index contributed by atoms with van der Waals surface area (Å²) in [5.74, 6) is 0.0590. The summed E-state index contributed by atoms with van der Waals surface area (Å²) in [6, 6.07) is 0. The maximum atomic E-state index is 11.7. The minimum atomic E-state index is -0.588. The lowest BCUT2D eigenvalue weighted by Gasteiger charge is -2.18. The Kier molecular flexibility index (Phi) is 11.6. The fourth-order valence-electron chi connectivity index (χ4n) is 1.67. The molecule has 1 atom stereocenters. The largest absolute Gasteiger partial charge is 0.386 e. The van der Waals surface area contributed by atoms with Crippen LogP contribution in [-0.2, 0) is 4.79 Å². The van der Waals surface area contributed by atoms with Crippen molar-refractivity contribution in [3.8, 4) is 0 Å². The number of unbranched alkanes of at least 4 members (excludes halogenated alkanes) is 4. The number of carbonyl (C=O) groups excluding carboxylic acids is 1. The Balaban J connectivity index is 3.56. The van der Waals surface area contributed by atoms with E-state index in [1.54, 1.807) is 11.9 Å². The first kappa shape index (κ1) is 17.7. The zero-order valence-corrected chi connectivity index (χ0v) is 12.4. The number of aliphatic hydroxyl groups excluding tert-OH is 2. The van der Waals surface area contributed by atoms with E-state index in [2.05, 4.69) is 6.92 Å². The third-order valence-electron chi connectivity index (χ3n) is 2.90. The Morgan fingerprint density at radius 2 is 1.94 bits per heavy atom. The van der Waals surface area contributed by atoms with Crippen LogP contribution in [0.3, 0.4) is 0 Å². The SMILES string of the molecule is CCCCCCCC(=O)N(C)CCC(O)SCO. The molecule has 108 valence electrons. The van der Waals surface area contributed by atoms with Crippen LogP contribution in [0.25, 0.3) is 0 Å². The van der Waals surface area contributed by atoms with E-state index in [1.165, 1.54) is 19.3 Å². The van der Waals surface area contributed by atoms with Gasteiger partial charge in [0.25, 0.3) is 0 Å². The summed E-state index contributed by atoms with van der Waals surface area (Å²) in [5.41, 5.74) is -0.588. The molecule has 0 bridgehead atoms. The molecule has 0 aromatic rings. The molecule has 0 rings (SSSR count). The first-order valence-corrected chi connectivity index (χ1v) is 7.81. The molecule has 1 amide bonds. The Labute approximate surface area is 115 Å². The molecule has 2 N–H and O–H groups in total. The highest BCUT2D eigenvalue weighted by Gasteiger charge is 2.10. The number of aliphatic hydroxyl groups is 2. The van der Waals surface area contributed by atoms with Crippen LogP contribution in [0.1, 0.15) is 51.9 Å². The molecule has 0 saturated heterocycles. The molecule has 0 aromatic heterocycles. The van der Waals surface area contributed by atoms with E-state index in [-0.39, 0.29) is 11.8 Å². The van der Waals surface area contributed by atoms with Crippen LogP contribution in [0.5, 0.6) is 0 Å². The summed E-state index contributed by atoms with van der Waals surface area (Å²) >= 11 is 1.09. The van der Waals surface area contributed by atoms with Crippen molar-refractivity contribution in [3.05, 3.63) is 0 Å². The number of rotatable bonds is 11. The van der Waals surface area contributed by atoms with E-state index >= 15 is 0 Å². The summed E-state index contributed by atoms with van der Waals surface area (Å²) in [6.07, 6.45) is 6.85. The Morgan fingerprint density at radius 3 is 2.56 bits per heavy atom. The minimum Gasteiger partial charge on any atom is -0.386 e. The van der Waals surface area contributed by atoms with Crippen molar-refractivity contribution in [2.24, 2.45) is 0 Å². The second-order valence-corrected chi connectivity index (χ2v) is 5.65. The molecular weight excluding hydrogens is 250 g/mol. The first-order valence-electron chi connectivity index (χ1n) is 6.76. The highest BCUT2D eigenvalue weighted by molar-refractivity contribution is 7.99. The molecule has 0 aliphatic heterocycles. The quantitative estimate of drug-likeness (QED) is 0.449. The monoisotopic (exact) mass is 277 g/mol. The van der Waals surface area contributed by atoms with Crippen LogP contribution >= 0.6 is 11.8 Å². The molecule has 4 nitrogen and oxygen atoms in total. The first-order chi connectivity index (χ1) is 8.61. The van der Waals surface area contributed by atoms with Crippen molar-refractivity contribution in [2.75, 3.05) is 19.5 Å². The van der Waals surface area contributed by atoms with Crippen molar-refractivity contribution in [1.29, 1.82) is 0 Å². The highest BCUT2D eigenvalue weighted by atomic mass is 32.2. The maximum absolute atomic E-state index is 11.7. The van der Waals surface area contributed by atoms with Gasteiger partial charge in [-0.05, 0) is 6.42 Å².